The third-order valence-corrected chi connectivity index (χ3v) is 4.87. The largest absolute Gasteiger partial charge is 0.349 e. The van der Waals surface area contributed by atoms with Gasteiger partial charge >= 0.3 is 0 Å². The molecule has 0 unspecified atom stereocenters. The molecule has 1 heterocycles. The molecule has 5 heteroatoms. The third kappa shape index (κ3) is 3.89. The maximum absolute atomic E-state index is 12.3. The van der Waals surface area contributed by atoms with Crippen molar-refractivity contribution >= 4 is 34.5 Å². The Bertz CT molecular complexity index is 1090. The summed E-state index contributed by atoms with van der Waals surface area (Å²) in [4.78, 5) is 12.3. The first-order chi connectivity index (χ1) is 13.1. The van der Waals surface area contributed by atoms with E-state index in [1.807, 2.05) is 60.8 Å². The summed E-state index contributed by atoms with van der Waals surface area (Å²) in [7, 11) is 0. The molecule has 0 spiro atoms. The fourth-order valence-corrected chi connectivity index (χ4v) is 3.36. The molecule has 0 aliphatic heterocycles. The molecule has 2 aromatic carbocycles. The van der Waals surface area contributed by atoms with Gasteiger partial charge in [0.05, 0.1) is 0 Å². The molecule has 0 saturated heterocycles. The molecule has 134 valence electrons. The number of nitrogens with zero attached hydrogens (tertiary/aromatic N) is 2. The van der Waals surface area contributed by atoms with Crippen LogP contribution in [-0.4, -0.2) is 16.5 Å². The van der Waals surface area contributed by atoms with Gasteiger partial charge in [-0.1, -0.05) is 41.9 Å². The minimum absolute atomic E-state index is 0.132. The van der Waals surface area contributed by atoms with Crippen LogP contribution in [0.3, 0.4) is 0 Å². The number of aromatic nitrogens is 1. The van der Waals surface area contributed by atoms with E-state index < -0.39 is 0 Å². The van der Waals surface area contributed by atoms with E-state index >= 15 is 0 Å². The maximum Gasteiger partial charge on any atom is 0.262 e. The highest BCUT2D eigenvalue weighted by atomic mass is 35.5. The van der Waals surface area contributed by atoms with E-state index in [9.17, 15) is 10.1 Å². The van der Waals surface area contributed by atoms with Crippen molar-refractivity contribution in [2.75, 3.05) is 0 Å². The molecule has 1 fully saturated rings. The van der Waals surface area contributed by atoms with Gasteiger partial charge in [0.15, 0.2) is 0 Å². The topological polar surface area (TPSA) is 57.8 Å². The van der Waals surface area contributed by atoms with Crippen LogP contribution in [0.4, 0.5) is 0 Å². The van der Waals surface area contributed by atoms with Crippen molar-refractivity contribution in [3.8, 4) is 6.07 Å². The van der Waals surface area contributed by atoms with Crippen molar-refractivity contribution in [2.45, 2.75) is 25.4 Å². The monoisotopic (exact) mass is 375 g/mol. The first kappa shape index (κ1) is 17.4. The van der Waals surface area contributed by atoms with Crippen molar-refractivity contribution in [1.29, 1.82) is 5.26 Å². The van der Waals surface area contributed by atoms with E-state index in [4.69, 9.17) is 11.6 Å². The summed E-state index contributed by atoms with van der Waals surface area (Å²) in [5.74, 6) is -0.299. The lowest BCUT2D eigenvalue weighted by atomic mass is 10.1. The van der Waals surface area contributed by atoms with Crippen molar-refractivity contribution in [1.82, 2.24) is 9.88 Å². The van der Waals surface area contributed by atoms with Gasteiger partial charge in [-0.15, -0.1) is 0 Å². The Balaban J connectivity index is 1.72. The molecule has 3 aromatic rings. The van der Waals surface area contributed by atoms with Gasteiger partial charge in [-0.3, -0.25) is 4.79 Å². The molecule has 1 aliphatic rings. The number of hydrogen-bond acceptors (Lipinski definition) is 2. The van der Waals surface area contributed by atoms with Gasteiger partial charge in [-0.05, 0) is 42.7 Å². The highest BCUT2D eigenvalue weighted by Gasteiger charge is 2.24. The number of nitriles is 1. The molecule has 0 radical (unpaired) electrons. The summed E-state index contributed by atoms with van der Waals surface area (Å²) < 4.78 is 2.11. The fraction of sp³-hybridized carbons (Fsp3) is 0.182. The van der Waals surface area contributed by atoms with E-state index in [0.29, 0.717) is 11.6 Å². The molecule has 0 bridgehead atoms. The predicted octanol–water partition coefficient (Wildman–Crippen LogP) is 4.53. The van der Waals surface area contributed by atoms with Crippen LogP contribution in [0.1, 0.15) is 24.0 Å². The van der Waals surface area contributed by atoms with E-state index in [1.54, 1.807) is 6.08 Å². The smallest absolute Gasteiger partial charge is 0.262 e. The summed E-state index contributed by atoms with van der Waals surface area (Å²) in [6, 6.07) is 18.0. The Morgan fingerprint density at radius 1 is 1.26 bits per heavy atom. The fourth-order valence-electron chi connectivity index (χ4n) is 3.15. The lowest BCUT2D eigenvalue weighted by Crippen LogP contribution is -2.26. The Morgan fingerprint density at radius 3 is 2.81 bits per heavy atom. The standard InChI is InChI=1S/C22H18ClN3O/c23-18-5-3-4-15(10-18)13-26-14-17(20-6-1-2-7-21(20)26)11-16(12-24)22(27)25-19-8-9-19/h1-7,10-11,14,19H,8-9,13H2,(H,25,27). The van der Waals surface area contributed by atoms with Crippen LogP contribution < -0.4 is 5.32 Å². The highest BCUT2D eigenvalue weighted by Crippen LogP contribution is 2.25. The predicted molar refractivity (Wildman–Crippen MR) is 107 cm³/mol. The van der Waals surface area contributed by atoms with Crippen LogP contribution >= 0.6 is 11.6 Å². The van der Waals surface area contributed by atoms with E-state index in [1.165, 1.54) is 0 Å². The number of nitrogens with one attached hydrogen (secondary N) is 1. The first-order valence-corrected chi connectivity index (χ1v) is 9.27. The van der Waals surface area contributed by atoms with Gasteiger partial charge in [0.25, 0.3) is 5.91 Å². The number of rotatable bonds is 5. The number of hydrogen-bond donors (Lipinski definition) is 1. The summed E-state index contributed by atoms with van der Waals surface area (Å²) in [5.41, 5.74) is 3.12. The Morgan fingerprint density at radius 2 is 2.07 bits per heavy atom. The van der Waals surface area contributed by atoms with Crippen molar-refractivity contribution < 1.29 is 4.79 Å². The Kier molecular flexibility index (Phi) is 4.70. The first-order valence-electron chi connectivity index (χ1n) is 8.89. The van der Waals surface area contributed by atoms with Crippen LogP contribution in [0.15, 0.2) is 60.3 Å². The van der Waals surface area contributed by atoms with Gasteiger partial charge in [0.1, 0.15) is 11.6 Å². The van der Waals surface area contributed by atoms with E-state index in [2.05, 4.69) is 9.88 Å². The average molecular weight is 376 g/mol. The molecular formula is C22H18ClN3O. The van der Waals surface area contributed by atoms with Gasteiger partial charge in [-0.25, -0.2) is 0 Å². The summed E-state index contributed by atoms with van der Waals surface area (Å²) in [6.45, 7) is 0.658. The Labute approximate surface area is 162 Å². The van der Waals surface area contributed by atoms with Crippen LogP contribution in [0.5, 0.6) is 0 Å². The van der Waals surface area contributed by atoms with Crippen LogP contribution in [0.2, 0.25) is 5.02 Å². The lowest BCUT2D eigenvalue weighted by Gasteiger charge is -2.05. The van der Waals surface area contributed by atoms with Crippen LogP contribution in [0, 0.1) is 11.3 Å². The van der Waals surface area contributed by atoms with Gasteiger partial charge in [0.2, 0.25) is 0 Å². The molecule has 1 N–H and O–H groups in total. The van der Waals surface area contributed by atoms with Crippen molar-refractivity contribution in [3.05, 3.63) is 76.5 Å². The molecule has 0 atom stereocenters. The zero-order valence-electron chi connectivity index (χ0n) is 14.7. The van der Waals surface area contributed by atoms with Gasteiger partial charge < -0.3 is 9.88 Å². The second kappa shape index (κ2) is 7.30. The number of halogens is 1. The van der Waals surface area contributed by atoms with Crippen LogP contribution in [-0.2, 0) is 11.3 Å². The number of amides is 1. The number of fused-ring (bicyclic) bond motifs is 1. The average Bonchev–Trinajstić information content (AvgIpc) is 3.41. The Hall–Kier alpha value is -3.03. The third-order valence-electron chi connectivity index (χ3n) is 4.64. The van der Waals surface area contributed by atoms with Crippen LogP contribution in [0.25, 0.3) is 17.0 Å². The molecule has 1 amide bonds. The molecule has 1 saturated carbocycles. The van der Waals surface area contributed by atoms with Gasteiger partial charge in [0, 0.05) is 40.3 Å². The van der Waals surface area contributed by atoms with Gasteiger partial charge in [-0.2, -0.15) is 5.26 Å². The minimum atomic E-state index is -0.299. The van der Waals surface area contributed by atoms with Crippen molar-refractivity contribution in [3.63, 3.8) is 0 Å². The summed E-state index contributed by atoms with van der Waals surface area (Å²) in [6.07, 6.45) is 5.63. The SMILES string of the molecule is N#CC(=Cc1cn(Cc2cccc(Cl)c2)c2ccccc12)C(=O)NC1CC1. The molecule has 1 aromatic heterocycles. The molecule has 1 aliphatic carbocycles. The second-order valence-electron chi connectivity index (χ2n) is 6.78. The lowest BCUT2D eigenvalue weighted by molar-refractivity contribution is -0.117. The molecule has 4 nitrogen and oxygen atoms in total. The number of carbonyl (C=O) groups excluding carboxylic acids is 1. The number of benzene rings is 2. The zero-order chi connectivity index (χ0) is 18.8. The highest BCUT2D eigenvalue weighted by molar-refractivity contribution is 6.30. The zero-order valence-corrected chi connectivity index (χ0v) is 15.4. The maximum atomic E-state index is 12.3. The molecule has 4 rings (SSSR count). The van der Waals surface area contributed by atoms with Crippen molar-refractivity contribution in [2.24, 2.45) is 0 Å². The normalized spacial score (nSPS) is 14.1. The molecular weight excluding hydrogens is 358 g/mol. The quantitative estimate of drug-likeness (QED) is 0.526. The molecule has 27 heavy (non-hydrogen) atoms. The van der Waals surface area contributed by atoms with E-state index in [0.717, 1.165) is 34.9 Å². The number of para-hydroxylation sites is 1. The second-order valence-corrected chi connectivity index (χ2v) is 7.21. The number of carbonyl (C=O) groups is 1. The minimum Gasteiger partial charge on any atom is -0.349 e. The van der Waals surface area contributed by atoms with E-state index in [-0.39, 0.29) is 17.5 Å². The summed E-state index contributed by atoms with van der Waals surface area (Å²) in [5, 5.41) is 14.0. The summed E-state index contributed by atoms with van der Waals surface area (Å²) >= 11 is 6.10.